The summed E-state index contributed by atoms with van der Waals surface area (Å²) in [6, 6.07) is 1.28. The largest absolute Gasteiger partial charge is 0.322 e. The number of hydrogen-bond acceptors (Lipinski definition) is 2. The molecule has 0 radical (unpaired) electrons. The summed E-state index contributed by atoms with van der Waals surface area (Å²) in [6.45, 7) is 1.78. The molecule has 0 aliphatic carbocycles. The van der Waals surface area contributed by atoms with Crippen LogP contribution in [0.3, 0.4) is 0 Å². The van der Waals surface area contributed by atoms with Gasteiger partial charge >= 0.3 is 0 Å². The molecule has 0 unspecified atom stereocenters. The lowest BCUT2D eigenvalue weighted by Gasteiger charge is -2.13. The van der Waals surface area contributed by atoms with Crippen molar-refractivity contribution in [3.05, 3.63) is 29.3 Å². The van der Waals surface area contributed by atoms with Gasteiger partial charge < -0.3 is 11.1 Å². The van der Waals surface area contributed by atoms with Crippen molar-refractivity contribution in [2.75, 3.05) is 5.32 Å². The molecule has 16 heavy (non-hydrogen) atoms. The van der Waals surface area contributed by atoms with Crippen LogP contribution in [0.2, 0.25) is 0 Å². The molecule has 0 spiro atoms. The van der Waals surface area contributed by atoms with Gasteiger partial charge in [-0.05, 0) is 24.0 Å². The number of rotatable bonds is 0. The van der Waals surface area contributed by atoms with Crippen molar-refractivity contribution >= 4 is 11.6 Å². The summed E-state index contributed by atoms with van der Waals surface area (Å²) in [5.41, 5.74) is 6.16. The summed E-state index contributed by atoms with van der Waals surface area (Å²) >= 11 is 0. The first-order chi connectivity index (χ1) is 7.49. The summed E-state index contributed by atoms with van der Waals surface area (Å²) < 4.78 is 26.5. The summed E-state index contributed by atoms with van der Waals surface area (Å²) in [6.07, 6.45) is 0.379. The Morgan fingerprint density at radius 3 is 2.81 bits per heavy atom. The van der Waals surface area contributed by atoms with Gasteiger partial charge in [-0.1, -0.05) is 6.92 Å². The highest BCUT2D eigenvalue weighted by Crippen LogP contribution is 2.28. The van der Waals surface area contributed by atoms with Gasteiger partial charge in [0.2, 0.25) is 5.91 Å². The Balaban J connectivity index is 2.51. The molecule has 2 atom stereocenters. The molecule has 1 aliphatic heterocycles. The van der Waals surface area contributed by atoms with E-state index in [0.717, 1.165) is 6.07 Å². The maximum absolute atomic E-state index is 13.4. The number of nitrogens with one attached hydrogen (secondary N) is 1. The van der Waals surface area contributed by atoms with Crippen LogP contribution >= 0.6 is 0 Å². The Bertz CT molecular complexity index is 448. The van der Waals surface area contributed by atoms with Gasteiger partial charge in [0.05, 0.1) is 11.7 Å². The van der Waals surface area contributed by atoms with E-state index in [0.29, 0.717) is 12.0 Å². The zero-order chi connectivity index (χ0) is 11.9. The van der Waals surface area contributed by atoms with Gasteiger partial charge in [0.15, 0.2) is 0 Å². The van der Waals surface area contributed by atoms with Crippen LogP contribution in [0.5, 0.6) is 0 Å². The lowest BCUT2D eigenvalue weighted by Crippen LogP contribution is -2.39. The predicted molar refractivity (Wildman–Crippen MR) is 55.8 cm³/mol. The van der Waals surface area contributed by atoms with Crippen LogP contribution in [0, 0.1) is 17.6 Å². The first-order valence-electron chi connectivity index (χ1n) is 5.03. The van der Waals surface area contributed by atoms with E-state index in [1.807, 2.05) is 0 Å². The minimum absolute atomic E-state index is 0.0474. The zero-order valence-electron chi connectivity index (χ0n) is 8.76. The molecule has 0 saturated heterocycles. The highest BCUT2D eigenvalue weighted by Gasteiger charge is 2.28. The SMILES string of the molecule is C[C@@H]1Cc2cc(F)cc(F)c2NC(=O)[C@H]1N. The highest BCUT2D eigenvalue weighted by atomic mass is 19.1. The van der Waals surface area contributed by atoms with Crippen molar-refractivity contribution in [2.24, 2.45) is 11.7 Å². The topological polar surface area (TPSA) is 55.1 Å². The Morgan fingerprint density at radius 1 is 1.44 bits per heavy atom. The van der Waals surface area contributed by atoms with E-state index in [1.54, 1.807) is 6.92 Å². The van der Waals surface area contributed by atoms with E-state index in [1.165, 1.54) is 6.07 Å². The second kappa shape index (κ2) is 3.83. The molecule has 0 fully saturated rings. The fourth-order valence-electron chi connectivity index (χ4n) is 1.87. The molecule has 1 heterocycles. The lowest BCUT2D eigenvalue weighted by molar-refractivity contribution is -0.118. The number of amides is 1. The Hall–Kier alpha value is -1.49. The maximum atomic E-state index is 13.4. The Morgan fingerprint density at radius 2 is 2.12 bits per heavy atom. The number of nitrogens with two attached hydrogens (primary N) is 1. The first-order valence-corrected chi connectivity index (χ1v) is 5.03. The number of anilines is 1. The van der Waals surface area contributed by atoms with Crippen LogP contribution in [0.1, 0.15) is 12.5 Å². The highest BCUT2D eigenvalue weighted by molar-refractivity contribution is 5.96. The molecule has 2 rings (SSSR count). The molecule has 0 bridgehead atoms. The fraction of sp³-hybridized carbons (Fsp3) is 0.364. The van der Waals surface area contributed by atoms with E-state index in [9.17, 15) is 13.6 Å². The second-order valence-electron chi connectivity index (χ2n) is 4.12. The number of benzene rings is 1. The summed E-state index contributed by atoms with van der Waals surface area (Å²) in [7, 11) is 0. The fourth-order valence-corrected chi connectivity index (χ4v) is 1.87. The molecular weight excluding hydrogens is 214 g/mol. The number of halogens is 2. The van der Waals surface area contributed by atoms with Gasteiger partial charge in [-0.25, -0.2) is 8.78 Å². The van der Waals surface area contributed by atoms with E-state index in [4.69, 9.17) is 5.73 Å². The molecule has 3 N–H and O–H groups in total. The van der Waals surface area contributed by atoms with E-state index in [-0.39, 0.29) is 11.6 Å². The maximum Gasteiger partial charge on any atom is 0.241 e. The minimum Gasteiger partial charge on any atom is -0.322 e. The van der Waals surface area contributed by atoms with Crippen molar-refractivity contribution in [3.63, 3.8) is 0 Å². The molecule has 0 saturated carbocycles. The number of carbonyl (C=O) groups excluding carboxylic acids is 1. The molecule has 86 valence electrons. The summed E-state index contributed by atoms with van der Waals surface area (Å²) in [4.78, 5) is 11.5. The monoisotopic (exact) mass is 226 g/mol. The summed E-state index contributed by atoms with van der Waals surface area (Å²) in [5, 5.41) is 2.39. The predicted octanol–water partition coefficient (Wildman–Crippen LogP) is 1.42. The third-order valence-corrected chi connectivity index (χ3v) is 2.84. The van der Waals surface area contributed by atoms with Crippen LogP contribution in [0.4, 0.5) is 14.5 Å². The van der Waals surface area contributed by atoms with Gasteiger partial charge in [-0.15, -0.1) is 0 Å². The number of fused-ring (bicyclic) bond motifs is 1. The Labute approximate surface area is 91.6 Å². The van der Waals surface area contributed by atoms with Crippen LogP contribution in [-0.4, -0.2) is 11.9 Å². The van der Waals surface area contributed by atoms with Crippen LogP contribution in [0.25, 0.3) is 0 Å². The van der Waals surface area contributed by atoms with Gasteiger partial charge in [-0.3, -0.25) is 4.79 Å². The summed E-state index contributed by atoms with van der Waals surface area (Å²) in [5.74, 6) is -1.99. The molecule has 1 aliphatic rings. The van der Waals surface area contributed by atoms with Crippen molar-refractivity contribution in [1.82, 2.24) is 0 Å². The third-order valence-electron chi connectivity index (χ3n) is 2.84. The van der Waals surface area contributed by atoms with Crippen molar-refractivity contribution in [2.45, 2.75) is 19.4 Å². The molecule has 3 nitrogen and oxygen atoms in total. The smallest absolute Gasteiger partial charge is 0.241 e. The number of carbonyl (C=O) groups is 1. The average molecular weight is 226 g/mol. The molecule has 0 aromatic heterocycles. The normalized spacial score (nSPS) is 24.6. The van der Waals surface area contributed by atoms with Gasteiger partial charge in [-0.2, -0.15) is 0 Å². The molecule has 5 heteroatoms. The van der Waals surface area contributed by atoms with Gasteiger partial charge in [0.1, 0.15) is 11.6 Å². The van der Waals surface area contributed by atoms with E-state index < -0.39 is 23.6 Å². The van der Waals surface area contributed by atoms with Gasteiger partial charge in [0, 0.05) is 6.07 Å². The Kier molecular flexibility index (Phi) is 2.63. The van der Waals surface area contributed by atoms with Crippen molar-refractivity contribution in [3.8, 4) is 0 Å². The minimum atomic E-state index is -0.760. The van der Waals surface area contributed by atoms with E-state index in [2.05, 4.69) is 5.32 Å². The lowest BCUT2D eigenvalue weighted by atomic mass is 9.95. The molecule has 1 aromatic rings. The van der Waals surface area contributed by atoms with Gasteiger partial charge in [0.25, 0.3) is 0 Å². The standard InChI is InChI=1S/C11H12F2N2O/c1-5-2-6-3-7(12)4-8(13)10(6)15-11(16)9(5)14/h3-5,9H,2,14H2,1H3,(H,15,16)/t5-,9+/m1/s1. The second-order valence-corrected chi connectivity index (χ2v) is 4.12. The first kappa shape index (κ1) is 11.0. The average Bonchev–Trinajstić information content (AvgIpc) is 2.29. The third kappa shape index (κ3) is 1.78. The zero-order valence-corrected chi connectivity index (χ0v) is 8.76. The van der Waals surface area contributed by atoms with Crippen molar-refractivity contribution in [1.29, 1.82) is 0 Å². The van der Waals surface area contributed by atoms with E-state index >= 15 is 0 Å². The van der Waals surface area contributed by atoms with Crippen LogP contribution < -0.4 is 11.1 Å². The van der Waals surface area contributed by atoms with Crippen LogP contribution in [-0.2, 0) is 11.2 Å². The quantitative estimate of drug-likeness (QED) is 0.703. The van der Waals surface area contributed by atoms with Crippen LogP contribution in [0.15, 0.2) is 12.1 Å². The number of hydrogen-bond donors (Lipinski definition) is 2. The molecule has 1 amide bonds. The van der Waals surface area contributed by atoms with Crippen molar-refractivity contribution < 1.29 is 13.6 Å². The molecular formula is C11H12F2N2O. The molecule has 1 aromatic carbocycles.